The molecule has 1 aliphatic heterocycles. The van der Waals surface area contributed by atoms with E-state index in [4.69, 9.17) is 16.3 Å². The Morgan fingerprint density at radius 3 is 2.27 bits per heavy atom. The van der Waals surface area contributed by atoms with Gasteiger partial charge in [0.2, 0.25) is 5.91 Å². The van der Waals surface area contributed by atoms with E-state index in [1.54, 1.807) is 37.6 Å². The molecule has 0 aliphatic carbocycles. The van der Waals surface area contributed by atoms with Gasteiger partial charge in [0.05, 0.1) is 12.1 Å². The van der Waals surface area contributed by atoms with Crippen LogP contribution in [-0.2, 0) is 4.79 Å². The van der Waals surface area contributed by atoms with Crippen molar-refractivity contribution in [3.8, 4) is 5.75 Å². The summed E-state index contributed by atoms with van der Waals surface area (Å²) < 4.78 is 5.12. The predicted octanol–water partition coefficient (Wildman–Crippen LogP) is 2.85. The summed E-state index contributed by atoms with van der Waals surface area (Å²) in [7, 11) is 1.57. The first-order valence-electron chi connectivity index (χ1n) is 9.99. The summed E-state index contributed by atoms with van der Waals surface area (Å²) >= 11 is 5.91. The molecule has 2 aromatic rings. The van der Waals surface area contributed by atoms with Crippen molar-refractivity contribution >= 4 is 29.2 Å². The molecule has 0 radical (unpaired) electrons. The Balaban J connectivity index is 1.61. The van der Waals surface area contributed by atoms with Crippen molar-refractivity contribution < 1.29 is 14.3 Å². The van der Waals surface area contributed by atoms with Gasteiger partial charge in [-0.15, -0.1) is 0 Å². The first-order chi connectivity index (χ1) is 14.4. The Bertz CT molecular complexity index is 863. The summed E-state index contributed by atoms with van der Waals surface area (Å²) in [6.45, 7) is 6.38. The average molecular weight is 431 g/mol. The lowest BCUT2D eigenvalue weighted by Gasteiger charge is -2.37. The molecule has 0 saturated carbocycles. The van der Waals surface area contributed by atoms with Crippen LogP contribution in [0.15, 0.2) is 42.6 Å². The average Bonchev–Trinajstić information content (AvgIpc) is 2.77. The lowest BCUT2D eigenvalue weighted by molar-refractivity contribution is -0.134. The van der Waals surface area contributed by atoms with Crippen molar-refractivity contribution in [2.45, 2.75) is 19.9 Å². The predicted molar refractivity (Wildman–Crippen MR) is 117 cm³/mol. The number of nitrogens with zero attached hydrogens (tertiary/aromatic N) is 3. The second-order valence-electron chi connectivity index (χ2n) is 7.57. The quantitative estimate of drug-likeness (QED) is 0.762. The lowest BCUT2D eigenvalue weighted by atomic mass is 10.0. The Labute approximate surface area is 182 Å². The van der Waals surface area contributed by atoms with Gasteiger partial charge in [-0.2, -0.15) is 0 Å². The number of nitrogens with one attached hydrogen (secondary N) is 1. The molecular formula is C22H27ClN4O3. The highest BCUT2D eigenvalue weighted by Gasteiger charge is 2.31. The van der Waals surface area contributed by atoms with E-state index in [-0.39, 0.29) is 17.7 Å². The number of amides is 2. The van der Waals surface area contributed by atoms with Gasteiger partial charge < -0.3 is 19.9 Å². The van der Waals surface area contributed by atoms with Crippen LogP contribution in [0.1, 0.15) is 24.2 Å². The summed E-state index contributed by atoms with van der Waals surface area (Å²) in [5.41, 5.74) is 0.493. The molecule has 160 valence electrons. The second kappa shape index (κ2) is 9.80. The fourth-order valence-corrected chi connectivity index (χ4v) is 3.50. The van der Waals surface area contributed by atoms with Crippen LogP contribution in [0, 0.1) is 5.92 Å². The summed E-state index contributed by atoms with van der Waals surface area (Å²) in [5.74, 6) is 1.16. The first-order valence-corrected chi connectivity index (χ1v) is 10.4. The molecule has 1 aromatic heterocycles. The van der Waals surface area contributed by atoms with Crippen molar-refractivity contribution in [1.82, 2.24) is 15.2 Å². The van der Waals surface area contributed by atoms with Crippen LogP contribution in [0.3, 0.4) is 0 Å². The summed E-state index contributed by atoms with van der Waals surface area (Å²) in [6, 6.07) is 9.94. The molecule has 1 saturated heterocycles. The smallest absolute Gasteiger partial charge is 0.251 e. The van der Waals surface area contributed by atoms with Crippen LogP contribution in [0.5, 0.6) is 5.75 Å². The normalized spacial score (nSPS) is 15.1. The third-order valence-corrected chi connectivity index (χ3v) is 5.42. The number of piperazine rings is 1. The van der Waals surface area contributed by atoms with E-state index in [1.165, 1.54) is 0 Å². The molecule has 1 N–H and O–H groups in total. The maximum Gasteiger partial charge on any atom is 0.251 e. The molecule has 30 heavy (non-hydrogen) atoms. The summed E-state index contributed by atoms with van der Waals surface area (Å²) in [4.78, 5) is 34.1. The van der Waals surface area contributed by atoms with Crippen molar-refractivity contribution in [3.63, 3.8) is 0 Å². The van der Waals surface area contributed by atoms with E-state index in [2.05, 4.69) is 15.2 Å². The van der Waals surface area contributed by atoms with Gasteiger partial charge in [0.1, 0.15) is 17.6 Å². The van der Waals surface area contributed by atoms with Gasteiger partial charge in [0, 0.05) is 37.9 Å². The molecule has 7 nitrogen and oxygen atoms in total. The third-order valence-electron chi connectivity index (χ3n) is 5.20. The van der Waals surface area contributed by atoms with Gasteiger partial charge in [0.15, 0.2) is 0 Å². The molecule has 0 spiro atoms. The van der Waals surface area contributed by atoms with Crippen LogP contribution in [0.4, 0.5) is 5.82 Å². The lowest BCUT2D eigenvalue weighted by Crippen LogP contribution is -2.56. The molecule has 1 atom stereocenters. The highest BCUT2D eigenvalue weighted by Crippen LogP contribution is 2.18. The van der Waals surface area contributed by atoms with Crippen LogP contribution >= 0.6 is 11.6 Å². The molecule has 3 rings (SSSR count). The minimum Gasteiger partial charge on any atom is -0.497 e. The zero-order valence-corrected chi connectivity index (χ0v) is 18.2. The van der Waals surface area contributed by atoms with Crippen molar-refractivity contribution in [1.29, 1.82) is 0 Å². The minimum absolute atomic E-state index is 0.0318. The topological polar surface area (TPSA) is 74.8 Å². The van der Waals surface area contributed by atoms with Gasteiger partial charge in [-0.3, -0.25) is 9.59 Å². The van der Waals surface area contributed by atoms with Gasteiger partial charge in [-0.1, -0.05) is 25.4 Å². The van der Waals surface area contributed by atoms with Gasteiger partial charge in [-0.05, 0) is 42.3 Å². The number of ether oxygens (including phenoxy) is 1. The maximum atomic E-state index is 13.1. The number of rotatable bonds is 6. The molecule has 0 bridgehead atoms. The summed E-state index contributed by atoms with van der Waals surface area (Å²) in [6.07, 6.45) is 1.62. The Morgan fingerprint density at radius 1 is 1.07 bits per heavy atom. The van der Waals surface area contributed by atoms with Gasteiger partial charge in [0.25, 0.3) is 5.91 Å². The van der Waals surface area contributed by atoms with E-state index >= 15 is 0 Å². The fourth-order valence-electron chi connectivity index (χ4n) is 3.39. The maximum absolute atomic E-state index is 13.1. The van der Waals surface area contributed by atoms with E-state index < -0.39 is 6.04 Å². The molecular weight excluding hydrogens is 404 g/mol. The SMILES string of the molecule is COc1ccc(C(=O)NC(C(=O)N2CCN(c3ccc(Cl)cn3)CC2)C(C)C)cc1. The molecule has 1 unspecified atom stereocenters. The second-order valence-corrected chi connectivity index (χ2v) is 8.01. The third kappa shape index (κ3) is 5.21. The Morgan fingerprint density at radius 2 is 1.73 bits per heavy atom. The number of carbonyl (C=O) groups excluding carboxylic acids is 2. The minimum atomic E-state index is -0.584. The number of hydrogen-bond donors (Lipinski definition) is 1. The number of carbonyl (C=O) groups is 2. The van der Waals surface area contributed by atoms with Gasteiger partial charge in [-0.25, -0.2) is 4.98 Å². The number of anilines is 1. The number of halogens is 1. The van der Waals surface area contributed by atoms with Gasteiger partial charge >= 0.3 is 0 Å². The van der Waals surface area contributed by atoms with E-state index in [0.29, 0.717) is 42.5 Å². The van der Waals surface area contributed by atoms with E-state index in [0.717, 1.165) is 5.82 Å². The van der Waals surface area contributed by atoms with Crippen molar-refractivity contribution in [2.75, 3.05) is 38.2 Å². The number of benzene rings is 1. The molecule has 2 amide bonds. The standard InChI is InChI=1S/C22H27ClN4O3/c1-15(2)20(25-21(28)16-4-7-18(30-3)8-5-16)22(29)27-12-10-26(11-13-27)19-9-6-17(23)14-24-19/h4-9,14-15,20H,10-13H2,1-3H3,(H,25,28). The van der Waals surface area contributed by atoms with Crippen LogP contribution in [0.2, 0.25) is 5.02 Å². The number of methoxy groups -OCH3 is 1. The molecule has 1 aliphatic rings. The number of hydrogen-bond acceptors (Lipinski definition) is 5. The van der Waals surface area contributed by atoms with Crippen LogP contribution < -0.4 is 15.0 Å². The molecule has 8 heteroatoms. The largest absolute Gasteiger partial charge is 0.497 e. The molecule has 1 fully saturated rings. The van der Waals surface area contributed by atoms with Crippen molar-refractivity contribution in [2.24, 2.45) is 5.92 Å². The van der Waals surface area contributed by atoms with Crippen molar-refractivity contribution in [3.05, 3.63) is 53.2 Å². The zero-order valence-electron chi connectivity index (χ0n) is 17.5. The summed E-state index contributed by atoms with van der Waals surface area (Å²) in [5, 5.41) is 3.50. The van der Waals surface area contributed by atoms with Crippen LogP contribution in [-0.4, -0.2) is 61.0 Å². The number of aromatic nitrogens is 1. The highest BCUT2D eigenvalue weighted by atomic mass is 35.5. The first kappa shape index (κ1) is 21.9. The highest BCUT2D eigenvalue weighted by molar-refractivity contribution is 6.30. The Kier molecular flexibility index (Phi) is 7.15. The Hall–Kier alpha value is -2.80. The van der Waals surface area contributed by atoms with E-state index in [1.807, 2.05) is 30.9 Å². The molecule has 1 aromatic carbocycles. The zero-order chi connectivity index (χ0) is 21.7. The fraction of sp³-hybridized carbons (Fsp3) is 0.409. The number of pyridine rings is 1. The van der Waals surface area contributed by atoms with E-state index in [9.17, 15) is 9.59 Å². The molecule has 2 heterocycles. The monoisotopic (exact) mass is 430 g/mol. The van der Waals surface area contributed by atoms with Crippen LogP contribution in [0.25, 0.3) is 0 Å².